The highest BCUT2D eigenvalue weighted by Crippen LogP contribution is 2.27. The Kier molecular flexibility index (Phi) is 5.55. The van der Waals surface area contributed by atoms with Gasteiger partial charge in [0.1, 0.15) is 17.1 Å². The van der Waals surface area contributed by atoms with Crippen molar-refractivity contribution in [3.63, 3.8) is 0 Å². The number of carbonyl (C=O) groups is 1. The number of hydrogen-bond donors (Lipinski definition) is 0. The molecule has 5 rings (SSSR count). The smallest absolute Gasteiger partial charge is 0.289 e. The highest BCUT2D eigenvalue weighted by atomic mass is 19.1. The first-order chi connectivity index (χ1) is 16.0. The van der Waals surface area contributed by atoms with Crippen molar-refractivity contribution in [1.29, 1.82) is 0 Å². The Bertz CT molecular complexity index is 1290. The number of piperazine rings is 1. The quantitative estimate of drug-likeness (QED) is 0.456. The molecule has 1 fully saturated rings. The summed E-state index contributed by atoms with van der Waals surface area (Å²) >= 11 is 0. The summed E-state index contributed by atoms with van der Waals surface area (Å²) in [4.78, 5) is 21.4. The first kappa shape index (κ1) is 21.1. The fourth-order valence-electron chi connectivity index (χ4n) is 4.02. The zero-order valence-electron chi connectivity index (χ0n) is 18.4. The minimum Gasteiger partial charge on any atom is -0.497 e. The molecule has 0 bridgehead atoms. The molecule has 1 aliphatic heterocycles. The highest BCUT2D eigenvalue weighted by Gasteiger charge is 2.27. The lowest BCUT2D eigenvalue weighted by Crippen LogP contribution is -2.48. The van der Waals surface area contributed by atoms with Crippen LogP contribution in [0.1, 0.15) is 22.0 Å². The second-order valence-corrected chi connectivity index (χ2v) is 8.01. The van der Waals surface area contributed by atoms with Crippen LogP contribution in [0.2, 0.25) is 0 Å². The van der Waals surface area contributed by atoms with E-state index < -0.39 is 0 Å². The third kappa shape index (κ3) is 4.19. The van der Waals surface area contributed by atoms with Crippen molar-refractivity contribution in [1.82, 2.24) is 19.9 Å². The number of furan rings is 1. The Morgan fingerprint density at radius 2 is 1.88 bits per heavy atom. The van der Waals surface area contributed by atoms with Crippen LogP contribution < -0.4 is 4.74 Å². The molecular formula is C24H23FN4O4. The molecule has 9 heteroatoms. The lowest BCUT2D eigenvalue weighted by molar-refractivity contribution is 0.0586. The maximum Gasteiger partial charge on any atom is 0.289 e. The third-order valence-corrected chi connectivity index (χ3v) is 5.93. The van der Waals surface area contributed by atoms with Crippen molar-refractivity contribution >= 4 is 16.9 Å². The molecule has 3 heterocycles. The fraction of sp³-hybridized carbons (Fsp3) is 0.292. The van der Waals surface area contributed by atoms with Crippen molar-refractivity contribution in [2.45, 2.75) is 13.5 Å². The van der Waals surface area contributed by atoms with E-state index in [1.54, 1.807) is 25.0 Å². The molecule has 8 nitrogen and oxygen atoms in total. The van der Waals surface area contributed by atoms with Crippen LogP contribution in [0, 0.1) is 12.7 Å². The maximum atomic E-state index is 13.6. The Morgan fingerprint density at radius 1 is 1.12 bits per heavy atom. The number of fused-ring (bicyclic) bond motifs is 1. The van der Waals surface area contributed by atoms with E-state index in [1.165, 1.54) is 12.1 Å². The molecule has 33 heavy (non-hydrogen) atoms. The van der Waals surface area contributed by atoms with Crippen LogP contribution >= 0.6 is 0 Å². The van der Waals surface area contributed by atoms with Crippen LogP contribution in [0.4, 0.5) is 4.39 Å². The van der Waals surface area contributed by atoms with E-state index in [1.807, 2.05) is 24.3 Å². The number of hydrogen-bond acceptors (Lipinski definition) is 7. The van der Waals surface area contributed by atoms with Gasteiger partial charge in [-0.25, -0.2) is 4.39 Å². The van der Waals surface area contributed by atoms with E-state index in [9.17, 15) is 9.18 Å². The molecule has 0 N–H and O–H groups in total. The van der Waals surface area contributed by atoms with Crippen molar-refractivity contribution in [2.24, 2.45) is 0 Å². The average Bonchev–Trinajstić information content (AvgIpc) is 3.44. The van der Waals surface area contributed by atoms with Crippen molar-refractivity contribution in [3.05, 3.63) is 65.5 Å². The monoisotopic (exact) mass is 450 g/mol. The number of rotatable bonds is 5. The summed E-state index contributed by atoms with van der Waals surface area (Å²) in [6, 6.07) is 11.7. The minimum absolute atomic E-state index is 0.177. The van der Waals surface area contributed by atoms with Crippen molar-refractivity contribution < 1.29 is 22.9 Å². The van der Waals surface area contributed by atoms with Gasteiger partial charge < -0.3 is 18.6 Å². The van der Waals surface area contributed by atoms with E-state index in [4.69, 9.17) is 13.7 Å². The van der Waals surface area contributed by atoms with Gasteiger partial charge in [0.05, 0.1) is 13.7 Å². The van der Waals surface area contributed by atoms with Crippen LogP contribution in [0.15, 0.2) is 51.4 Å². The van der Waals surface area contributed by atoms with Crippen LogP contribution in [-0.4, -0.2) is 59.1 Å². The predicted octanol–water partition coefficient (Wildman–Crippen LogP) is 3.90. The van der Waals surface area contributed by atoms with Crippen LogP contribution in [0.3, 0.4) is 0 Å². The SMILES string of the molecule is COc1ccc(-c2noc(CN3CCN(C(=O)c4oc5ccc(F)cc5c4C)CC3)n2)cc1. The molecule has 0 unspecified atom stereocenters. The number of halogens is 1. The highest BCUT2D eigenvalue weighted by molar-refractivity contribution is 5.99. The van der Waals surface area contributed by atoms with Gasteiger partial charge >= 0.3 is 0 Å². The van der Waals surface area contributed by atoms with E-state index in [2.05, 4.69) is 15.0 Å². The number of methoxy groups -OCH3 is 1. The lowest BCUT2D eigenvalue weighted by Gasteiger charge is -2.33. The molecule has 1 amide bonds. The van der Waals surface area contributed by atoms with Gasteiger partial charge in [-0.15, -0.1) is 0 Å². The lowest BCUT2D eigenvalue weighted by atomic mass is 10.1. The van der Waals surface area contributed by atoms with Crippen molar-refractivity contribution in [2.75, 3.05) is 33.3 Å². The van der Waals surface area contributed by atoms with E-state index in [0.717, 1.165) is 11.3 Å². The molecule has 170 valence electrons. The number of nitrogens with zero attached hydrogens (tertiary/aromatic N) is 4. The molecule has 0 saturated carbocycles. The van der Waals surface area contributed by atoms with Gasteiger partial charge in [-0.1, -0.05) is 5.16 Å². The van der Waals surface area contributed by atoms with Crippen LogP contribution in [-0.2, 0) is 6.54 Å². The second-order valence-electron chi connectivity index (χ2n) is 8.01. The largest absolute Gasteiger partial charge is 0.497 e. The van der Waals surface area contributed by atoms with Gasteiger partial charge in [0.2, 0.25) is 11.7 Å². The molecule has 0 radical (unpaired) electrons. The van der Waals surface area contributed by atoms with Gasteiger partial charge in [0.25, 0.3) is 5.91 Å². The second kappa shape index (κ2) is 8.67. The first-order valence-electron chi connectivity index (χ1n) is 10.7. The number of aryl methyl sites for hydroxylation is 1. The van der Waals surface area contributed by atoms with Gasteiger partial charge in [-0.2, -0.15) is 4.98 Å². The Hall–Kier alpha value is -3.72. The number of benzene rings is 2. The Balaban J connectivity index is 1.20. The number of amides is 1. The zero-order valence-corrected chi connectivity index (χ0v) is 18.4. The van der Waals surface area contributed by atoms with E-state index >= 15 is 0 Å². The summed E-state index contributed by atoms with van der Waals surface area (Å²) in [6.45, 7) is 4.71. The molecule has 0 aliphatic carbocycles. The van der Waals surface area contributed by atoms with E-state index in [-0.39, 0.29) is 17.5 Å². The molecule has 0 spiro atoms. The Labute approximate surface area is 189 Å². The summed E-state index contributed by atoms with van der Waals surface area (Å²) in [5, 5.41) is 4.70. The zero-order chi connectivity index (χ0) is 22.9. The van der Waals surface area contributed by atoms with Crippen molar-refractivity contribution in [3.8, 4) is 17.1 Å². The molecule has 2 aromatic heterocycles. The summed E-state index contributed by atoms with van der Waals surface area (Å²) in [5.41, 5.74) is 2.02. The average molecular weight is 450 g/mol. The minimum atomic E-state index is -0.352. The van der Waals surface area contributed by atoms with Gasteiger partial charge in [0.15, 0.2) is 5.76 Å². The molecular weight excluding hydrogens is 427 g/mol. The Morgan fingerprint density at radius 3 is 2.61 bits per heavy atom. The topological polar surface area (TPSA) is 84.8 Å². The summed E-state index contributed by atoms with van der Waals surface area (Å²) in [6.07, 6.45) is 0. The molecule has 2 aromatic carbocycles. The summed E-state index contributed by atoms with van der Waals surface area (Å²) in [5.74, 6) is 1.55. The summed E-state index contributed by atoms with van der Waals surface area (Å²) in [7, 11) is 1.62. The molecule has 4 aromatic rings. The number of aromatic nitrogens is 2. The molecule has 0 atom stereocenters. The maximum absolute atomic E-state index is 13.6. The predicted molar refractivity (Wildman–Crippen MR) is 118 cm³/mol. The van der Waals surface area contributed by atoms with Gasteiger partial charge in [-0.3, -0.25) is 9.69 Å². The van der Waals surface area contributed by atoms with E-state index in [0.29, 0.717) is 61.0 Å². The van der Waals surface area contributed by atoms with Gasteiger partial charge in [0, 0.05) is 42.7 Å². The van der Waals surface area contributed by atoms with Gasteiger partial charge in [-0.05, 0) is 49.4 Å². The fourth-order valence-corrected chi connectivity index (χ4v) is 4.02. The number of ether oxygens (including phenoxy) is 1. The third-order valence-electron chi connectivity index (χ3n) is 5.93. The standard InChI is InChI=1S/C24H23FN4O4/c1-15-19-13-17(25)5-8-20(19)32-22(15)24(30)29-11-9-28(10-12-29)14-21-26-23(27-33-21)16-3-6-18(31-2)7-4-16/h3-8,13H,9-12,14H2,1-2H3. The number of carbonyl (C=O) groups excluding carboxylic acids is 1. The summed E-state index contributed by atoms with van der Waals surface area (Å²) < 4.78 is 29.9. The first-order valence-corrected chi connectivity index (χ1v) is 10.7. The van der Waals surface area contributed by atoms with Crippen LogP contribution in [0.25, 0.3) is 22.4 Å². The van der Waals surface area contributed by atoms with Crippen LogP contribution in [0.5, 0.6) is 5.75 Å². The molecule has 1 aliphatic rings. The normalized spacial score (nSPS) is 14.7. The molecule has 1 saturated heterocycles.